The van der Waals surface area contributed by atoms with E-state index >= 15 is 0 Å². The second-order valence-corrected chi connectivity index (χ2v) is 4.13. The summed E-state index contributed by atoms with van der Waals surface area (Å²) in [6, 6.07) is 5.42. The molecule has 1 amide bonds. The van der Waals surface area contributed by atoms with Crippen LogP contribution in [0.1, 0.15) is 12.0 Å². The number of aryl methyl sites for hydroxylation is 1. The first-order valence-corrected chi connectivity index (χ1v) is 6.08. The molecule has 6 nitrogen and oxygen atoms in total. The van der Waals surface area contributed by atoms with Crippen molar-refractivity contribution in [2.24, 2.45) is 0 Å². The van der Waals surface area contributed by atoms with Crippen LogP contribution in [0.3, 0.4) is 0 Å². The van der Waals surface area contributed by atoms with Gasteiger partial charge in [-0.1, -0.05) is 24.8 Å². The van der Waals surface area contributed by atoms with E-state index in [1.807, 2.05) is 0 Å². The number of carbonyl (C=O) groups is 2. The van der Waals surface area contributed by atoms with Gasteiger partial charge in [-0.25, -0.2) is 9.59 Å². The number of alkyl carbamates (subject to hydrolysis) is 1. The first kappa shape index (κ1) is 15.6. The third-order valence-corrected chi connectivity index (χ3v) is 2.58. The van der Waals surface area contributed by atoms with Crippen molar-refractivity contribution in [1.82, 2.24) is 5.32 Å². The van der Waals surface area contributed by atoms with Gasteiger partial charge in [-0.15, -0.1) is 0 Å². The fourth-order valence-electron chi connectivity index (χ4n) is 1.55. The maximum Gasteiger partial charge on any atom is 0.408 e. The van der Waals surface area contributed by atoms with Gasteiger partial charge in [-0.3, -0.25) is 0 Å². The van der Waals surface area contributed by atoms with Crippen molar-refractivity contribution in [1.29, 1.82) is 0 Å². The van der Waals surface area contributed by atoms with Gasteiger partial charge in [0.05, 0.1) is 0 Å². The average molecular weight is 279 g/mol. The number of hydrogen-bond donors (Lipinski definition) is 3. The standard InChI is InChI=1S/C14H17NO5/c1-2-9-20-14(19)15-12(13(17)18)8-5-10-3-6-11(16)7-4-10/h2-4,6-7,12,16H,1,5,8-9H2,(H,15,19)(H,17,18)/t12-/m0/s1. The van der Waals surface area contributed by atoms with Crippen molar-refractivity contribution in [3.05, 3.63) is 42.5 Å². The van der Waals surface area contributed by atoms with Crippen molar-refractivity contribution in [3.63, 3.8) is 0 Å². The van der Waals surface area contributed by atoms with E-state index < -0.39 is 18.1 Å². The van der Waals surface area contributed by atoms with E-state index in [1.165, 1.54) is 18.2 Å². The summed E-state index contributed by atoms with van der Waals surface area (Å²) >= 11 is 0. The first-order chi connectivity index (χ1) is 9.52. The second kappa shape index (κ2) is 7.83. The number of phenolic OH excluding ortho intramolecular Hbond substituents is 1. The highest BCUT2D eigenvalue weighted by molar-refractivity contribution is 5.79. The quantitative estimate of drug-likeness (QED) is 0.660. The molecule has 0 spiro atoms. The number of aliphatic carboxylic acids is 1. The molecule has 108 valence electrons. The molecule has 0 heterocycles. The molecule has 0 saturated heterocycles. The lowest BCUT2D eigenvalue weighted by Gasteiger charge is -2.14. The lowest BCUT2D eigenvalue weighted by Crippen LogP contribution is -2.41. The normalized spacial score (nSPS) is 11.4. The van der Waals surface area contributed by atoms with E-state index in [0.29, 0.717) is 6.42 Å². The Hall–Kier alpha value is -2.50. The van der Waals surface area contributed by atoms with Crippen LogP contribution in [-0.4, -0.2) is 34.9 Å². The van der Waals surface area contributed by atoms with Crippen LogP contribution in [0.15, 0.2) is 36.9 Å². The Kier molecular flexibility index (Phi) is 6.09. The summed E-state index contributed by atoms with van der Waals surface area (Å²) in [7, 11) is 0. The topological polar surface area (TPSA) is 95.9 Å². The number of benzene rings is 1. The van der Waals surface area contributed by atoms with Crippen molar-refractivity contribution in [2.75, 3.05) is 6.61 Å². The molecule has 0 saturated carbocycles. The molecule has 6 heteroatoms. The number of ether oxygens (including phenoxy) is 1. The molecule has 3 N–H and O–H groups in total. The van der Waals surface area contributed by atoms with Gasteiger partial charge in [0.2, 0.25) is 0 Å². The van der Waals surface area contributed by atoms with E-state index in [-0.39, 0.29) is 18.8 Å². The van der Waals surface area contributed by atoms with Crippen LogP contribution >= 0.6 is 0 Å². The number of amides is 1. The van der Waals surface area contributed by atoms with Gasteiger partial charge < -0.3 is 20.3 Å². The van der Waals surface area contributed by atoms with Crippen molar-refractivity contribution < 1.29 is 24.5 Å². The molecule has 0 radical (unpaired) electrons. The van der Waals surface area contributed by atoms with Crippen molar-refractivity contribution >= 4 is 12.1 Å². The summed E-state index contributed by atoms with van der Waals surface area (Å²) in [6.45, 7) is 3.41. The van der Waals surface area contributed by atoms with Gasteiger partial charge >= 0.3 is 12.1 Å². The number of rotatable bonds is 7. The number of hydrogen-bond acceptors (Lipinski definition) is 4. The van der Waals surface area contributed by atoms with E-state index in [9.17, 15) is 9.59 Å². The maximum atomic E-state index is 11.3. The Morgan fingerprint density at radius 3 is 2.55 bits per heavy atom. The highest BCUT2D eigenvalue weighted by Gasteiger charge is 2.20. The lowest BCUT2D eigenvalue weighted by atomic mass is 10.1. The minimum absolute atomic E-state index is 0.0239. The molecule has 0 aliphatic rings. The Balaban J connectivity index is 2.50. The van der Waals surface area contributed by atoms with Crippen LogP contribution in [0.2, 0.25) is 0 Å². The summed E-state index contributed by atoms with van der Waals surface area (Å²) in [4.78, 5) is 22.3. The minimum Gasteiger partial charge on any atom is -0.508 e. The summed E-state index contributed by atoms with van der Waals surface area (Å²) in [5.41, 5.74) is 0.871. The zero-order valence-corrected chi connectivity index (χ0v) is 10.9. The van der Waals surface area contributed by atoms with Crippen LogP contribution in [-0.2, 0) is 16.0 Å². The zero-order valence-electron chi connectivity index (χ0n) is 10.9. The van der Waals surface area contributed by atoms with Crippen LogP contribution in [0, 0.1) is 0 Å². The van der Waals surface area contributed by atoms with Crippen LogP contribution in [0.5, 0.6) is 5.75 Å². The predicted octanol–water partition coefficient (Wildman–Crippen LogP) is 1.69. The van der Waals surface area contributed by atoms with E-state index in [4.69, 9.17) is 10.2 Å². The van der Waals surface area contributed by atoms with Gasteiger partial charge in [0.1, 0.15) is 18.4 Å². The SMILES string of the molecule is C=CCOC(=O)N[C@@H](CCc1ccc(O)cc1)C(=O)O. The Labute approximate surface area is 116 Å². The molecule has 0 fully saturated rings. The first-order valence-electron chi connectivity index (χ1n) is 6.08. The third kappa shape index (κ3) is 5.43. The fourth-order valence-corrected chi connectivity index (χ4v) is 1.55. The summed E-state index contributed by atoms with van der Waals surface area (Å²) < 4.78 is 4.68. The molecule has 0 aliphatic carbocycles. The van der Waals surface area contributed by atoms with Gasteiger partial charge in [0, 0.05) is 0 Å². The highest BCUT2D eigenvalue weighted by Crippen LogP contribution is 2.12. The van der Waals surface area contributed by atoms with E-state index in [0.717, 1.165) is 5.56 Å². The monoisotopic (exact) mass is 279 g/mol. The molecular formula is C14H17NO5. The summed E-state index contributed by atoms with van der Waals surface area (Å²) in [6.07, 6.45) is 1.29. The molecule has 0 aliphatic heterocycles. The number of aromatic hydroxyl groups is 1. The Morgan fingerprint density at radius 1 is 1.35 bits per heavy atom. The van der Waals surface area contributed by atoms with Gasteiger partial charge in [-0.05, 0) is 30.5 Å². The fraction of sp³-hybridized carbons (Fsp3) is 0.286. The molecule has 1 rings (SSSR count). The average Bonchev–Trinajstić information content (AvgIpc) is 2.42. The Morgan fingerprint density at radius 2 is 2.00 bits per heavy atom. The van der Waals surface area contributed by atoms with E-state index in [2.05, 4.69) is 16.6 Å². The van der Waals surface area contributed by atoms with E-state index in [1.54, 1.807) is 12.1 Å². The zero-order chi connectivity index (χ0) is 15.0. The largest absolute Gasteiger partial charge is 0.508 e. The number of carboxylic acids is 1. The van der Waals surface area contributed by atoms with Gasteiger partial charge in [0.25, 0.3) is 0 Å². The summed E-state index contributed by atoms with van der Waals surface area (Å²) in [5, 5.41) is 20.5. The van der Waals surface area contributed by atoms with Gasteiger partial charge in [-0.2, -0.15) is 0 Å². The van der Waals surface area contributed by atoms with Crippen LogP contribution < -0.4 is 5.32 Å². The molecule has 0 aromatic heterocycles. The van der Waals surface area contributed by atoms with Crippen molar-refractivity contribution in [3.8, 4) is 5.75 Å². The van der Waals surface area contributed by atoms with Crippen LogP contribution in [0.25, 0.3) is 0 Å². The van der Waals surface area contributed by atoms with Crippen LogP contribution in [0.4, 0.5) is 4.79 Å². The maximum absolute atomic E-state index is 11.3. The smallest absolute Gasteiger partial charge is 0.408 e. The Bertz CT molecular complexity index is 469. The second-order valence-electron chi connectivity index (χ2n) is 4.13. The lowest BCUT2D eigenvalue weighted by molar-refractivity contribution is -0.139. The third-order valence-electron chi connectivity index (χ3n) is 2.58. The molecular weight excluding hydrogens is 262 g/mol. The molecule has 0 unspecified atom stereocenters. The number of phenols is 1. The molecule has 1 atom stereocenters. The minimum atomic E-state index is -1.13. The molecule has 1 aromatic carbocycles. The number of carboxylic acid groups (broad SMARTS) is 1. The predicted molar refractivity (Wildman–Crippen MR) is 72.5 cm³/mol. The van der Waals surface area contributed by atoms with Gasteiger partial charge in [0.15, 0.2) is 0 Å². The highest BCUT2D eigenvalue weighted by atomic mass is 16.5. The number of carbonyl (C=O) groups excluding carboxylic acids is 1. The summed E-state index contributed by atoms with van der Waals surface area (Å²) in [5.74, 6) is -0.978. The molecule has 0 bridgehead atoms. The molecule has 20 heavy (non-hydrogen) atoms. The molecule has 1 aromatic rings. The van der Waals surface area contributed by atoms with Crippen molar-refractivity contribution in [2.45, 2.75) is 18.9 Å². The number of nitrogens with one attached hydrogen (secondary N) is 1.